The third kappa shape index (κ3) is 4.35. The Kier molecular flexibility index (Phi) is 5.79. The molecule has 0 aliphatic rings. The lowest BCUT2D eigenvalue weighted by Gasteiger charge is -2.13. The fraction of sp³-hybridized carbons (Fsp3) is 0.150. The molecule has 0 fully saturated rings. The van der Waals surface area contributed by atoms with E-state index in [2.05, 4.69) is 0 Å². The van der Waals surface area contributed by atoms with Gasteiger partial charge in [0, 0.05) is 0 Å². The quantitative estimate of drug-likeness (QED) is 0.301. The Labute approximate surface area is 166 Å². The van der Waals surface area contributed by atoms with Gasteiger partial charge in [0.2, 0.25) is 5.75 Å². The maximum Gasteiger partial charge on any atom is 0.329 e. The summed E-state index contributed by atoms with van der Waals surface area (Å²) in [5, 5.41) is 11.0. The minimum Gasteiger partial charge on any atom is -0.504 e. The van der Waals surface area contributed by atoms with Gasteiger partial charge < -0.3 is 28.8 Å². The molecule has 3 rings (SSSR count). The van der Waals surface area contributed by atoms with Crippen molar-refractivity contribution < 1.29 is 38.1 Å². The Morgan fingerprint density at radius 2 is 1.90 bits per heavy atom. The summed E-state index contributed by atoms with van der Waals surface area (Å²) in [6, 6.07) is 8.07. The summed E-state index contributed by atoms with van der Waals surface area (Å²) in [4.78, 5) is 31.1. The molecule has 0 unspecified atom stereocenters. The first-order chi connectivity index (χ1) is 13.7. The van der Waals surface area contributed by atoms with Gasteiger partial charge >= 0.3 is 7.60 Å². The highest BCUT2D eigenvalue weighted by molar-refractivity contribution is 7.50. The Bertz CT molecular complexity index is 1140. The normalized spacial score (nSPS) is 11.9. The van der Waals surface area contributed by atoms with E-state index in [-0.39, 0.29) is 22.6 Å². The number of phenolic OH excluding ortho intramolecular Hbond substituents is 1. The van der Waals surface area contributed by atoms with Crippen LogP contribution in [0.3, 0.4) is 0 Å². The molecule has 2 aromatic carbocycles. The van der Waals surface area contributed by atoms with Crippen molar-refractivity contribution in [3.8, 4) is 17.2 Å². The number of carbonyl (C=O) groups excluding carboxylic acids is 1. The number of phenols is 1. The highest BCUT2D eigenvalue weighted by Gasteiger charge is 2.26. The number of hydrogen-bond donors (Lipinski definition) is 3. The first-order valence-electron chi connectivity index (χ1n) is 8.45. The molecular formula is C20H19O8P. The van der Waals surface area contributed by atoms with E-state index in [0.717, 1.165) is 0 Å². The van der Waals surface area contributed by atoms with Crippen LogP contribution in [0.25, 0.3) is 17.0 Å². The molecule has 0 atom stereocenters. The summed E-state index contributed by atoms with van der Waals surface area (Å²) >= 11 is 0. The molecule has 0 aliphatic heterocycles. The van der Waals surface area contributed by atoms with Crippen molar-refractivity contribution in [2.45, 2.75) is 6.16 Å². The second-order valence-electron chi connectivity index (χ2n) is 6.22. The number of aromatic hydroxyl groups is 1. The van der Waals surface area contributed by atoms with E-state index in [1.807, 2.05) is 0 Å². The van der Waals surface area contributed by atoms with E-state index in [4.69, 9.17) is 23.7 Å². The first kappa shape index (κ1) is 20.7. The number of ether oxygens (including phenoxy) is 2. The van der Waals surface area contributed by atoms with Crippen molar-refractivity contribution in [3.05, 3.63) is 59.4 Å². The number of methoxy groups -OCH3 is 2. The monoisotopic (exact) mass is 418 g/mol. The van der Waals surface area contributed by atoms with Crippen molar-refractivity contribution in [2.24, 2.45) is 0 Å². The van der Waals surface area contributed by atoms with Crippen LogP contribution in [0.4, 0.5) is 0 Å². The molecule has 0 spiro atoms. The first-order valence-corrected chi connectivity index (χ1v) is 10.2. The zero-order valence-corrected chi connectivity index (χ0v) is 16.6. The lowest BCUT2D eigenvalue weighted by molar-refractivity contribution is 0.104. The van der Waals surface area contributed by atoms with Crippen molar-refractivity contribution in [2.75, 3.05) is 14.2 Å². The highest BCUT2D eigenvalue weighted by Crippen LogP contribution is 2.46. The van der Waals surface area contributed by atoms with Crippen molar-refractivity contribution >= 4 is 30.4 Å². The molecule has 0 saturated carbocycles. The standard InChI is InChI=1S/C20H19O8P/c1-26-18-14-8-9-28-19(14)20(27-2)17(22)16(18)15(21)7-6-12-4-3-5-13(10-12)11-29(23,24)25/h3-10,22H,11H2,1-2H3,(H2,23,24,25)/b7-6+. The molecule has 3 aromatic rings. The predicted octanol–water partition coefficient (Wildman–Crippen LogP) is 3.73. The summed E-state index contributed by atoms with van der Waals surface area (Å²) in [6.07, 6.45) is 3.72. The van der Waals surface area contributed by atoms with Gasteiger partial charge in [0.05, 0.1) is 32.0 Å². The number of carbonyl (C=O) groups is 1. The zero-order valence-electron chi connectivity index (χ0n) is 15.7. The minimum absolute atomic E-state index is 0.0196. The molecule has 152 valence electrons. The molecule has 1 heterocycles. The average molecular weight is 418 g/mol. The SMILES string of the molecule is COc1c(C(=O)/C=C/c2cccc(CP(=O)(O)O)c2)c(O)c(OC)c2occc12. The molecular weight excluding hydrogens is 399 g/mol. The fourth-order valence-electron chi connectivity index (χ4n) is 3.05. The van der Waals surface area contributed by atoms with Crippen molar-refractivity contribution in [1.29, 1.82) is 0 Å². The molecule has 9 heteroatoms. The van der Waals surface area contributed by atoms with Gasteiger partial charge in [-0.15, -0.1) is 0 Å². The smallest absolute Gasteiger partial charge is 0.329 e. The Balaban J connectivity index is 1.99. The van der Waals surface area contributed by atoms with Crippen LogP contribution in [0.5, 0.6) is 17.2 Å². The largest absolute Gasteiger partial charge is 0.504 e. The zero-order chi connectivity index (χ0) is 21.2. The molecule has 0 saturated heterocycles. The lowest BCUT2D eigenvalue weighted by Crippen LogP contribution is -2.02. The third-order valence-electron chi connectivity index (χ3n) is 4.22. The van der Waals surface area contributed by atoms with Gasteiger partial charge in [0.1, 0.15) is 11.3 Å². The summed E-state index contributed by atoms with van der Waals surface area (Å²) in [6.45, 7) is 0. The van der Waals surface area contributed by atoms with Gasteiger partial charge in [-0.25, -0.2) is 0 Å². The summed E-state index contributed by atoms with van der Waals surface area (Å²) in [5.41, 5.74) is 1.18. The van der Waals surface area contributed by atoms with E-state index in [1.54, 1.807) is 30.3 Å². The Morgan fingerprint density at radius 1 is 1.17 bits per heavy atom. The number of furan rings is 1. The van der Waals surface area contributed by atoms with Gasteiger partial charge in [-0.1, -0.05) is 30.3 Å². The molecule has 3 N–H and O–H groups in total. The maximum atomic E-state index is 12.8. The van der Waals surface area contributed by atoms with Gasteiger partial charge in [-0.05, 0) is 23.3 Å². The lowest BCUT2D eigenvalue weighted by atomic mass is 10.0. The number of allylic oxidation sites excluding steroid dienone is 1. The number of hydrogen-bond acceptors (Lipinski definition) is 6. The maximum absolute atomic E-state index is 12.8. The topological polar surface area (TPSA) is 126 Å². The van der Waals surface area contributed by atoms with Crippen LogP contribution >= 0.6 is 7.60 Å². The molecule has 1 aromatic heterocycles. The van der Waals surface area contributed by atoms with Crippen LogP contribution in [0.2, 0.25) is 0 Å². The van der Waals surface area contributed by atoms with Crippen LogP contribution in [0.15, 0.2) is 47.1 Å². The fourth-order valence-corrected chi connectivity index (χ4v) is 3.72. The predicted molar refractivity (Wildman–Crippen MR) is 107 cm³/mol. The number of rotatable bonds is 7. The third-order valence-corrected chi connectivity index (χ3v) is 4.99. The van der Waals surface area contributed by atoms with Crippen LogP contribution in [0, 0.1) is 0 Å². The minimum atomic E-state index is -4.20. The van der Waals surface area contributed by atoms with E-state index < -0.39 is 25.3 Å². The highest BCUT2D eigenvalue weighted by atomic mass is 31.2. The van der Waals surface area contributed by atoms with Gasteiger partial charge in [0.25, 0.3) is 0 Å². The van der Waals surface area contributed by atoms with E-state index >= 15 is 0 Å². The number of ketones is 1. The number of fused-ring (bicyclic) bond motifs is 1. The summed E-state index contributed by atoms with van der Waals surface area (Å²) in [7, 11) is -1.48. The van der Waals surface area contributed by atoms with Crippen LogP contribution in [0.1, 0.15) is 21.5 Å². The Morgan fingerprint density at radius 3 is 2.55 bits per heavy atom. The van der Waals surface area contributed by atoms with Crippen LogP contribution in [-0.2, 0) is 10.7 Å². The molecule has 8 nitrogen and oxygen atoms in total. The molecule has 0 bridgehead atoms. The Hall–Kier alpha value is -3.06. The van der Waals surface area contributed by atoms with Gasteiger partial charge in [-0.2, -0.15) is 0 Å². The average Bonchev–Trinajstić information content (AvgIpc) is 3.13. The van der Waals surface area contributed by atoms with Gasteiger partial charge in [0.15, 0.2) is 17.1 Å². The van der Waals surface area contributed by atoms with Gasteiger partial charge in [-0.3, -0.25) is 9.36 Å². The second kappa shape index (κ2) is 8.13. The summed E-state index contributed by atoms with van der Waals surface area (Å²) < 4.78 is 27.0. The molecule has 0 aliphatic carbocycles. The van der Waals surface area contributed by atoms with Crippen LogP contribution < -0.4 is 9.47 Å². The van der Waals surface area contributed by atoms with Crippen molar-refractivity contribution in [1.82, 2.24) is 0 Å². The molecule has 0 radical (unpaired) electrons. The van der Waals surface area contributed by atoms with E-state index in [9.17, 15) is 14.5 Å². The summed E-state index contributed by atoms with van der Waals surface area (Å²) in [5.74, 6) is -0.777. The van der Waals surface area contributed by atoms with E-state index in [1.165, 1.54) is 32.6 Å². The van der Waals surface area contributed by atoms with Crippen molar-refractivity contribution in [3.63, 3.8) is 0 Å². The molecule has 29 heavy (non-hydrogen) atoms. The number of benzene rings is 2. The molecule has 0 amide bonds. The van der Waals surface area contributed by atoms with Crippen LogP contribution in [-0.4, -0.2) is 34.9 Å². The second-order valence-corrected chi connectivity index (χ2v) is 7.86. The van der Waals surface area contributed by atoms with E-state index in [0.29, 0.717) is 16.5 Å².